The van der Waals surface area contributed by atoms with E-state index in [0.717, 1.165) is 10.5 Å². The zero-order chi connectivity index (χ0) is 21.2. The van der Waals surface area contributed by atoms with E-state index < -0.39 is 18.4 Å². The van der Waals surface area contributed by atoms with Crippen molar-refractivity contribution in [2.75, 3.05) is 20.5 Å². The summed E-state index contributed by atoms with van der Waals surface area (Å²) < 4.78 is 16.7. The molecule has 1 rings (SSSR count). The summed E-state index contributed by atoms with van der Waals surface area (Å²) in [5.74, 6) is 0. The van der Waals surface area contributed by atoms with Gasteiger partial charge in [-0.25, -0.2) is 0 Å². The molecule has 0 spiro atoms. The number of aryl methyl sites for hydroxylation is 1. The number of benzene rings is 1. The Hall–Kier alpha value is -0.0613. The Morgan fingerprint density at radius 2 is 1.38 bits per heavy atom. The predicted molar refractivity (Wildman–Crippen MR) is 130 cm³/mol. The van der Waals surface area contributed by atoms with Gasteiger partial charge in [0, 0.05) is 0 Å². The van der Waals surface area contributed by atoms with Gasteiger partial charge in [-0.1, -0.05) is 0 Å². The van der Waals surface area contributed by atoms with Gasteiger partial charge in [-0.2, -0.15) is 0 Å². The van der Waals surface area contributed by atoms with Crippen LogP contribution >= 0.6 is 0 Å². The summed E-state index contributed by atoms with van der Waals surface area (Å²) >= 11 is -2.23. The quantitative estimate of drug-likeness (QED) is 0.106. The maximum atomic E-state index is 5.80. The first-order chi connectivity index (χ1) is 14.2. The third-order valence-electron chi connectivity index (χ3n) is 6.62. The second-order valence-corrected chi connectivity index (χ2v) is 23.2. The Balaban J connectivity index is 2.89. The molecule has 1 unspecified atom stereocenters. The zero-order valence-electron chi connectivity index (χ0n) is 19.9. The number of hydrogen-bond donors (Lipinski definition) is 0. The Morgan fingerprint density at radius 1 is 0.793 bits per heavy atom. The van der Waals surface area contributed by atoms with Crippen molar-refractivity contribution in [2.24, 2.45) is 0 Å². The fraction of sp³-hybridized carbons (Fsp3) is 0.769. The van der Waals surface area contributed by atoms with Crippen molar-refractivity contribution in [3.05, 3.63) is 35.9 Å². The van der Waals surface area contributed by atoms with Gasteiger partial charge in [-0.3, -0.25) is 0 Å². The van der Waals surface area contributed by atoms with Gasteiger partial charge in [-0.05, 0) is 0 Å². The second kappa shape index (κ2) is 17.6. The Morgan fingerprint density at radius 3 is 1.90 bits per heavy atom. The van der Waals surface area contributed by atoms with E-state index in [1.54, 1.807) is 20.4 Å². The number of ether oxygens (including phenoxy) is 2. The second-order valence-electron chi connectivity index (χ2n) is 8.85. The van der Waals surface area contributed by atoms with Gasteiger partial charge < -0.3 is 0 Å². The van der Waals surface area contributed by atoms with Crippen molar-refractivity contribution >= 4 is 18.4 Å². The third-order valence-corrected chi connectivity index (χ3v) is 24.8. The summed E-state index contributed by atoms with van der Waals surface area (Å²) in [6, 6.07) is 11.1. The van der Waals surface area contributed by atoms with Crippen LogP contribution in [0.1, 0.15) is 84.1 Å². The molecular weight excluding hydrogens is 463 g/mol. The van der Waals surface area contributed by atoms with Gasteiger partial charge in [-0.15, -0.1) is 0 Å². The molecule has 0 bridgehead atoms. The van der Waals surface area contributed by atoms with E-state index >= 15 is 0 Å². The fourth-order valence-electron chi connectivity index (χ4n) is 4.90. The van der Waals surface area contributed by atoms with Crippen LogP contribution in [0.4, 0.5) is 0 Å². The molecule has 168 valence electrons. The fourth-order valence-corrected chi connectivity index (χ4v) is 24.0. The summed E-state index contributed by atoms with van der Waals surface area (Å²) in [4.78, 5) is 0. The molecular formula is C26H48O2Sn. The van der Waals surface area contributed by atoms with Gasteiger partial charge in [0.25, 0.3) is 0 Å². The van der Waals surface area contributed by atoms with Crippen molar-refractivity contribution in [1.29, 1.82) is 0 Å². The Bertz CT molecular complexity index is 455. The van der Waals surface area contributed by atoms with Gasteiger partial charge in [0.05, 0.1) is 0 Å². The third kappa shape index (κ3) is 11.2. The molecule has 0 amide bonds. The van der Waals surface area contributed by atoms with E-state index in [9.17, 15) is 0 Å². The SMILES string of the molecule is CCC[CH2][Sn]([CH2]CCC)([CH2]CCC)[CH](CCCc1ccccc1)CCOCOC. The standard InChI is InChI=1S/C14H21O2.3C4H9.Sn/c1-15-13-16-12-8-3-2-5-9-14-10-6-4-7-11-14;3*1-3-4-2;/h3-4,6-7,10-11H,2,5,8-9,12-13H2,1H3;3*1,3-4H2,2H3;. The van der Waals surface area contributed by atoms with Crippen LogP contribution in [0.25, 0.3) is 0 Å². The minimum absolute atomic E-state index is 0.443. The number of methoxy groups -OCH3 is 1. The van der Waals surface area contributed by atoms with Gasteiger partial charge in [0.15, 0.2) is 0 Å². The van der Waals surface area contributed by atoms with E-state index in [2.05, 4.69) is 51.1 Å². The Labute approximate surface area is 186 Å². The minimum atomic E-state index is -2.23. The van der Waals surface area contributed by atoms with Crippen LogP contribution < -0.4 is 0 Å². The summed E-state index contributed by atoms with van der Waals surface area (Å²) in [7, 11) is 1.73. The molecule has 0 radical (unpaired) electrons. The van der Waals surface area contributed by atoms with E-state index in [1.165, 1.54) is 69.8 Å². The van der Waals surface area contributed by atoms with E-state index in [-0.39, 0.29) is 0 Å². The van der Waals surface area contributed by atoms with Gasteiger partial charge in [0.1, 0.15) is 0 Å². The molecule has 1 atom stereocenters. The molecule has 0 aliphatic heterocycles. The molecule has 29 heavy (non-hydrogen) atoms. The van der Waals surface area contributed by atoms with Crippen LogP contribution in [0.5, 0.6) is 0 Å². The molecule has 0 fully saturated rings. The zero-order valence-corrected chi connectivity index (χ0v) is 22.7. The van der Waals surface area contributed by atoms with Crippen LogP contribution in [0, 0.1) is 0 Å². The summed E-state index contributed by atoms with van der Waals surface area (Å²) in [5.41, 5.74) is 1.50. The summed E-state index contributed by atoms with van der Waals surface area (Å²) in [5, 5.41) is 0. The molecule has 0 aromatic heterocycles. The molecule has 1 aromatic rings. The first-order valence-electron chi connectivity index (χ1n) is 12.3. The molecule has 0 saturated heterocycles. The topological polar surface area (TPSA) is 18.5 Å². The normalized spacial score (nSPS) is 13.0. The first kappa shape index (κ1) is 27.0. The first-order valence-corrected chi connectivity index (χ1v) is 20.0. The average Bonchev–Trinajstić information content (AvgIpc) is 2.76. The molecule has 3 heteroatoms. The molecule has 0 saturated carbocycles. The molecule has 0 N–H and O–H groups in total. The molecule has 2 nitrogen and oxygen atoms in total. The molecule has 0 heterocycles. The van der Waals surface area contributed by atoms with Crippen LogP contribution in [-0.2, 0) is 15.9 Å². The monoisotopic (exact) mass is 512 g/mol. The molecule has 0 aliphatic rings. The van der Waals surface area contributed by atoms with Crippen molar-refractivity contribution in [1.82, 2.24) is 0 Å². The maximum absolute atomic E-state index is 5.80. The van der Waals surface area contributed by atoms with Crippen molar-refractivity contribution in [3.63, 3.8) is 0 Å². The van der Waals surface area contributed by atoms with Crippen LogP contribution in [0.3, 0.4) is 0 Å². The number of rotatable bonds is 19. The van der Waals surface area contributed by atoms with E-state index in [1.807, 2.05) is 0 Å². The van der Waals surface area contributed by atoms with Crippen molar-refractivity contribution in [2.45, 2.75) is 102 Å². The Kier molecular flexibility index (Phi) is 16.4. The molecule has 1 aromatic carbocycles. The summed E-state index contributed by atoms with van der Waals surface area (Å²) in [6.45, 7) is 8.46. The van der Waals surface area contributed by atoms with E-state index in [4.69, 9.17) is 9.47 Å². The van der Waals surface area contributed by atoms with E-state index in [0.29, 0.717) is 6.79 Å². The van der Waals surface area contributed by atoms with Crippen LogP contribution in [0.15, 0.2) is 30.3 Å². The average molecular weight is 511 g/mol. The van der Waals surface area contributed by atoms with Gasteiger partial charge >= 0.3 is 186 Å². The van der Waals surface area contributed by atoms with Crippen LogP contribution in [-0.4, -0.2) is 38.9 Å². The van der Waals surface area contributed by atoms with Crippen molar-refractivity contribution < 1.29 is 9.47 Å². The number of hydrogen-bond acceptors (Lipinski definition) is 2. The number of unbranched alkanes of at least 4 members (excludes halogenated alkanes) is 3. The van der Waals surface area contributed by atoms with Crippen molar-refractivity contribution in [3.8, 4) is 0 Å². The summed E-state index contributed by atoms with van der Waals surface area (Å²) in [6.07, 6.45) is 13.7. The van der Waals surface area contributed by atoms with Crippen LogP contribution in [0.2, 0.25) is 17.2 Å². The predicted octanol–water partition coefficient (Wildman–Crippen LogP) is 8.24. The molecule has 0 aliphatic carbocycles. The van der Waals surface area contributed by atoms with Gasteiger partial charge in [0.2, 0.25) is 0 Å².